The number of benzene rings is 1. The first-order valence-corrected chi connectivity index (χ1v) is 5.17. The fourth-order valence-corrected chi connectivity index (χ4v) is 2.13. The third-order valence-electron chi connectivity index (χ3n) is 2.82. The van der Waals surface area contributed by atoms with Gasteiger partial charge < -0.3 is 0 Å². The van der Waals surface area contributed by atoms with Crippen LogP contribution >= 0.6 is 0 Å². The maximum absolute atomic E-state index is 11.4. The van der Waals surface area contributed by atoms with Gasteiger partial charge in [-0.25, -0.2) is 0 Å². The Morgan fingerprint density at radius 3 is 2.67 bits per heavy atom. The number of ketones is 1. The Labute approximate surface area is 90.2 Å². The summed E-state index contributed by atoms with van der Waals surface area (Å²) in [5.74, 6) is 0.241. The van der Waals surface area contributed by atoms with Crippen LogP contribution in [0.25, 0.3) is 0 Å². The molecule has 2 rings (SSSR count). The average Bonchev–Trinajstić information content (AvgIpc) is 2.94. The Balaban J connectivity index is 2.17. The lowest BCUT2D eigenvalue weighted by atomic mass is 10.1. The smallest absolute Gasteiger partial charge is 0.148 e. The Morgan fingerprint density at radius 1 is 1.47 bits per heavy atom. The molecule has 1 saturated heterocycles. The number of hydrogen-bond acceptors (Lipinski definition) is 2. The highest BCUT2D eigenvalue weighted by molar-refractivity contribution is 5.85. The first-order chi connectivity index (χ1) is 7.25. The molecule has 0 bridgehead atoms. The third-order valence-corrected chi connectivity index (χ3v) is 2.82. The molecule has 0 aromatic heterocycles. The van der Waals surface area contributed by atoms with Crippen molar-refractivity contribution in [1.29, 1.82) is 0 Å². The quantitative estimate of drug-likeness (QED) is 0.549. The van der Waals surface area contributed by atoms with Crippen LogP contribution in [0.1, 0.15) is 18.5 Å². The molecule has 0 spiro atoms. The Bertz CT molecular complexity index is 371. The molecule has 0 aliphatic carbocycles. The highest BCUT2D eigenvalue weighted by Crippen LogP contribution is 2.42. The summed E-state index contributed by atoms with van der Waals surface area (Å²) in [5, 5.41) is 0. The van der Waals surface area contributed by atoms with Crippen molar-refractivity contribution in [1.82, 2.24) is 4.90 Å². The van der Waals surface area contributed by atoms with Gasteiger partial charge in [0.2, 0.25) is 0 Å². The molecule has 1 aliphatic rings. The molecule has 0 N–H and O–H groups in total. The van der Waals surface area contributed by atoms with Crippen LogP contribution < -0.4 is 0 Å². The van der Waals surface area contributed by atoms with Crippen molar-refractivity contribution < 1.29 is 4.79 Å². The summed E-state index contributed by atoms with van der Waals surface area (Å²) in [7, 11) is 0. The van der Waals surface area contributed by atoms with E-state index in [1.54, 1.807) is 6.92 Å². The van der Waals surface area contributed by atoms with Crippen molar-refractivity contribution in [2.24, 2.45) is 0 Å². The van der Waals surface area contributed by atoms with Gasteiger partial charge in [0, 0.05) is 6.54 Å². The van der Waals surface area contributed by atoms with Gasteiger partial charge in [0.05, 0.1) is 12.1 Å². The summed E-state index contributed by atoms with van der Waals surface area (Å²) in [6.45, 7) is 6.15. The van der Waals surface area contributed by atoms with Gasteiger partial charge in [-0.05, 0) is 12.5 Å². The third kappa shape index (κ3) is 1.85. The van der Waals surface area contributed by atoms with Crippen LogP contribution in [0.3, 0.4) is 0 Å². The van der Waals surface area contributed by atoms with Crippen molar-refractivity contribution in [3.05, 3.63) is 48.6 Å². The monoisotopic (exact) mass is 201 g/mol. The van der Waals surface area contributed by atoms with Crippen molar-refractivity contribution in [2.45, 2.75) is 19.0 Å². The van der Waals surface area contributed by atoms with Gasteiger partial charge >= 0.3 is 0 Å². The topological polar surface area (TPSA) is 20.1 Å². The first kappa shape index (κ1) is 10.1. The maximum Gasteiger partial charge on any atom is 0.148 e. The Morgan fingerprint density at radius 2 is 2.13 bits per heavy atom. The first-order valence-electron chi connectivity index (χ1n) is 5.17. The zero-order valence-corrected chi connectivity index (χ0v) is 8.89. The summed E-state index contributed by atoms with van der Waals surface area (Å²) in [6, 6.07) is 10.5. The van der Waals surface area contributed by atoms with Crippen LogP contribution in [0, 0.1) is 0 Å². The normalized spacial score (nSPS) is 28.5. The number of rotatable bonds is 4. The Hall–Kier alpha value is -1.41. The van der Waals surface area contributed by atoms with E-state index in [2.05, 4.69) is 23.6 Å². The van der Waals surface area contributed by atoms with Gasteiger partial charge in [0.15, 0.2) is 0 Å². The van der Waals surface area contributed by atoms with E-state index in [1.165, 1.54) is 5.56 Å². The molecule has 0 saturated carbocycles. The molecule has 0 radical (unpaired) electrons. The summed E-state index contributed by atoms with van der Waals surface area (Å²) in [5.41, 5.74) is 1.22. The van der Waals surface area contributed by atoms with Crippen LogP contribution in [0.2, 0.25) is 0 Å². The van der Waals surface area contributed by atoms with Gasteiger partial charge in [-0.2, -0.15) is 0 Å². The van der Waals surface area contributed by atoms with E-state index in [0.717, 1.165) is 6.54 Å². The summed E-state index contributed by atoms with van der Waals surface area (Å²) < 4.78 is 0. The number of hydrogen-bond donors (Lipinski definition) is 0. The van der Waals surface area contributed by atoms with Gasteiger partial charge in [0.1, 0.15) is 5.78 Å². The molecule has 1 heterocycles. The van der Waals surface area contributed by atoms with Crippen molar-refractivity contribution >= 4 is 5.78 Å². The van der Waals surface area contributed by atoms with E-state index in [4.69, 9.17) is 0 Å². The lowest BCUT2D eigenvalue weighted by Gasteiger charge is -1.98. The van der Waals surface area contributed by atoms with Crippen LogP contribution in [0.15, 0.2) is 43.0 Å². The molecule has 1 fully saturated rings. The number of carbonyl (C=O) groups excluding carboxylic acids is 1. The fourth-order valence-electron chi connectivity index (χ4n) is 2.13. The summed E-state index contributed by atoms with van der Waals surface area (Å²) in [4.78, 5) is 13.6. The van der Waals surface area contributed by atoms with Gasteiger partial charge in [-0.3, -0.25) is 9.69 Å². The lowest BCUT2D eigenvalue weighted by molar-refractivity contribution is -0.117. The second kappa shape index (κ2) is 3.99. The summed E-state index contributed by atoms with van der Waals surface area (Å²) >= 11 is 0. The van der Waals surface area contributed by atoms with E-state index in [1.807, 2.05) is 24.3 Å². The minimum Gasteiger partial charge on any atom is -0.298 e. The number of nitrogens with zero attached hydrogens (tertiary/aromatic N) is 1. The molecule has 78 valence electrons. The molecular formula is C13H15NO. The highest BCUT2D eigenvalue weighted by Gasteiger charge is 2.50. The predicted octanol–water partition coefficient (Wildman–Crippen LogP) is 2.19. The van der Waals surface area contributed by atoms with Crippen LogP contribution in [-0.2, 0) is 4.79 Å². The predicted molar refractivity (Wildman–Crippen MR) is 60.6 cm³/mol. The molecule has 15 heavy (non-hydrogen) atoms. The molecule has 1 aromatic carbocycles. The minimum atomic E-state index is 0.0606. The zero-order valence-electron chi connectivity index (χ0n) is 8.89. The lowest BCUT2D eigenvalue weighted by Crippen LogP contribution is -2.08. The van der Waals surface area contributed by atoms with Crippen molar-refractivity contribution in [2.75, 3.05) is 6.54 Å². The molecular weight excluding hydrogens is 186 g/mol. The van der Waals surface area contributed by atoms with Crippen molar-refractivity contribution in [3.8, 4) is 0 Å². The van der Waals surface area contributed by atoms with E-state index in [0.29, 0.717) is 0 Å². The molecule has 1 unspecified atom stereocenters. The van der Waals surface area contributed by atoms with Gasteiger partial charge in [-0.15, -0.1) is 6.58 Å². The molecule has 3 atom stereocenters. The zero-order chi connectivity index (χ0) is 10.8. The van der Waals surface area contributed by atoms with E-state index in [-0.39, 0.29) is 17.9 Å². The molecule has 1 aliphatic heterocycles. The summed E-state index contributed by atoms with van der Waals surface area (Å²) in [6.07, 6.45) is 1.85. The minimum absolute atomic E-state index is 0.0606. The number of carbonyl (C=O) groups is 1. The standard InChI is InChI=1S/C13H15NO/c1-3-9-14-12(10(2)15)13(14)11-7-5-4-6-8-11/h3-8,12-13H,1,9H2,2H3/t12-,13-,14?/m0/s1. The van der Waals surface area contributed by atoms with Gasteiger partial charge in [0.25, 0.3) is 0 Å². The van der Waals surface area contributed by atoms with E-state index in [9.17, 15) is 4.79 Å². The SMILES string of the molecule is C=CCN1[C@@H](C(C)=O)[C@@H]1c1ccccc1. The largest absolute Gasteiger partial charge is 0.298 e. The maximum atomic E-state index is 11.4. The van der Waals surface area contributed by atoms with Crippen molar-refractivity contribution in [3.63, 3.8) is 0 Å². The molecule has 2 heteroatoms. The fraction of sp³-hybridized carbons (Fsp3) is 0.308. The number of Topliss-reactive ketones (excluding diaryl/α,β-unsaturated/α-hetero) is 1. The van der Waals surface area contributed by atoms with E-state index >= 15 is 0 Å². The van der Waals surface area contributed by atoms with Gasteiger partial charge in [-0.1, -0.05) is 36.4 Å². The Kier molecular flexibility index (Phi) is 2.69. The highest BCUT2D eigenvalue weighted by atomic mass is 16.1. The second-order valence-corrected chi connectivity index (χ2v) is 3.90. The van der Waals surface area contributed by atoms with Crippen LogP contribution in [0.4, 0.5) is 0 Å². The molecule has 2 nitrogen and oxygen atoms in total. The average molecular weight is 201 g/mol. The van der Waals surface area contributed by atoms with E-state index < -0.39 is 0 Å². The van der Waals surface area contributed by atoms with Crippen LogP contribution in [-0.4, -0.2) is 23.3 Å². The van der Waals surface area contributed by atoms with Crippen LogP contribution in [0.5, 0.6) is 0 Å². The molecule has 0 amide bonds. The molecule has 1 aromatic rings. The second-order valence-electron chi connectivity index (χ2n) is 3.90.